The maximum absolute atomic E-state index is 13.3. The Kier molecular flexibility index (Phi) is 5.19. The molecule has 3 amide bonds. The molecule has 2 saturated carbocycles. The average molecular weight is 512 g/mol. The van der Waals surface area contributed by atoms with Gasteiger partial charge in [0.25, 0.3) is 0 Å². The van der Waals surface area contributed by atoms with Gasteiger partial charge in [-0.2, -0.15) is 0 Å². The van der Waals surface area contributed by atoms with Crippen molar-refractivity contribution in [3.8, 4) is 0 Å². The van der Waals surface area contributed by atoms with E-state index in [-0.39, 0.29) is 57.0 Å². The van der Waals surface area contributed by atoms with Gasteiger partial charge in [-0.1, -0.05) is 63.4 Å². The van der Waals surface area contributed by atoms with Crippen LogP contribution in [0.2, 0.25) is 0 Å². The lowest BCUT2D eigenvalue weighted by Gasteiger charge is -2.29. The summed E-state index contributed by atoms with van der Waals surface area (Å²) in [5, 5.41) is 2.89. The van der Waals surface area contributed by atoms with Crippen molar-refractivity contribution in [2.24, 2.45) is 29.6 Å². The molecule has 3 fully saturated rings. The van der Waals surface area contributed by atoms with Crippen LogP contribution in [0.15, 0.2) is 24.3 Å². The van der Waals surface area contributed by atoms with E-state index in [0.29, 0.717) is 5.69 Å². The number of hydrogen-bond acceptors (Lipinski definition) is 3. The lowest BCUT2D eigenvalue weighted by Crippen LogP contribution is -2.51. The number of alkyl halides is 2. The smallest absolute Gasteiger partial charge is 0.247 e. The molecule has 28 heavy (non-hydrogen) atoms. The lowest BCUT2D eigenvalue weighted by molar-refractivity contribution is -0.148. The third-order valence-corrected chi connectivity index (χ3v) is 9.73. The highest BCUT2D eigenvalue weighted by atomic mass is 79.9. The van der Waals surface area contributed by atoms with Crippen LogP contribution in [0, 0.1) is 36.5 Å². The van der Waals surface area contributed by atoms with E-state index >= 15 is 0 Å². The van der Waals surface area contributed by atoms with Gasteiger partial charge in [0.1, 0.15) is 6.04 Å². The zero-order chi connectivity index (χ0) is 20.3. The molecule has 0 unspecified atom stereocenters. The van der Waals surface area contributed by atoms with E-state index in [4.69, 9.17) is 0 Å². The highest BCUT2D eigenvalue weighted by Crippen LogP contribution is 2.60. The number of likely N-dealkylation sites (tertiary alicyclic amines) is 1. The van der Waals surface area contributed by atoms with Gasteiger partial charge in [0.2, 0.25) is 17.7 Å². The summed E-state index contributed by atoms with van der Waals surface area (Å²) in [6, 6.07) is 6.70. The van der Waals surface area contributed by atoms with Gasteiger partial charge in [0.05, 0.1) is 11.8 Å². The Bertz CT molecular complexity index is 793. The number of imide groups is 1. The molecule has 150 valence electrons. The van der Waals surface area contributed by atoms with Crippen LogP contribution in [0.25, 0.3) is 0 Å². The molecular weight excluding hydrogens is 488 g/mol. The minimum absolute atomic E-state index is 0.147. The summed E-state index contributed by atoms with van der Waals surface area (Å²) in [5.41, 5.74) is 1.77. The number of amides is 3. The van der Waals surface area contributed by atoms with E-state index < -0.39 is 6.04 Å². The molecular formula is C21H24Br2N2O3. The summed E-state index contributed by atoms with van der Waals surface area (Å²) in [6.45, 7) is 5.73. The number of halogens is 2. The monoisotopic (exact) mass is 510 g/mol. The Morgan fingerprint density at radius 1 is 1.04 bits per heavy atom. The predicted molar refractivity (Wildman–Crippen MR) is 114 cm³/mol. The third kappa shape index (κ3) is 2.96. The molecule has 1 aliphatic heterocycles. The fourth-order valence-electron chi connectivity index (χ4n) is 5.22. The second-order valence-electron chi connectivity index (χ2n) is 8.59. The maximum atomic E-state index is 13.3. The molecule has 2 bridgehead atoms. The van der Waals surface area contributed by atoms with Gasteiger partial charge in [0.15, 0.2) is 0 Å². The molecule has 1 aromatic rings. The average Bonchev–Trinajstić information content (AvgIpc) is 3.24. The van der Waals surface area contributed by atoms with Crippen LogP contribution in [-0.2, 0) is 14.4 Å². The van der Waals surface area contributed by atoms with Crippen LogP contribution in [0.3, 0.4) is 0 Å². The number of nitrogens with zero attached hydrogens (tertiary/aromatic N) is 1. The molecule has 0 aromatic heterocycles. The first-order chi connectivity index (χ1) is 13.2. The molecule has 1 saturated heterocycles. The van der Waals surface area contributed by atoms with Crippen molar-refractivity contribution < 1.29 is 14.4 Å². The fourth-order valence-corrected chi connectivity index (χ4v) is 7.09. The zero-order valence-corrected chi connectivity index (χ0v) is 19.2. The normalized spacial score (nSPS) is 34.9. The molecule has 0 spiro atoms. The highest BCUT2D eigenvalue weighted by molar-refractivity contribution is 9.12. The Hall–Kier alpha value is -1.21. The number of benzene rings is 1. The molecule has 4 rings (SSSR count). The van der Waals surface area contributed by atoms with Crippen LogP contribution in [0.4, 0.5) is 5.69 Å². The number of hydrogen-bond donors (Lipinski definition) is 1. The molecule has 1 aromatic carbocycles. The van der Waals surface area contributed by atoms with E-state index in [1.54, 1.807) is 0 Å². The van der Waals surface area contributed by atoms with Gasteiger partial charge in [0, 0.05) is 15.3 Å². The molecule has 7 atom stereocenters. The summed E-state index contributed by atoms with van der Waals surface area (Å²) in [4.78, 5) is 41.3. The van der Waals surface area contributed by atoms with E-state index in [9.17, 15) is 14.4 Å². The molecule has 2 aliphatic carbocycles. The number of carbonyl (C=O) groups excluding carboxylic acids is 3. The van der Waals surface area contributed by atoms with Crippen LogP contribution < -0.4 is 5.32 Å². The van der Waals surface area contributed by atoms with Crippen molar-refractivity contribution in [3.05, 3.63) is 29.8 Å². The quantitative estimate of drug-likeness (QED) is 0.494. The minimum Gasteiger partial charge on any atom is -0.324 e. The van der Waals surface area contributed by atoms with Crippen molar-refractivity contribution >= 4 is 55.3 Å². The minimum atomic E-state index is -0.797. The number of aryl methyl sites for hydroxylation is 1. The molecule has 0 radical (unpaired) electrons. The first kappa shape index (κ1) is 20.1. The Morgan fingerprint density at radius 3 is 2.00 bits per heavy atom. The Labute approximate surface area is 181 Å². The summed E-state index contributed by atoms with van der Waals surface area (Å²) in [5.74, 6) is -1.14. The number of fused-ring (bicyclic) bond motifs is 5. The molecule has 3 aliphatic rings. The van der Waals surface area contributed by atoms with E-state index in [2.05, 4.69) is 37.2 Å². The van der Waals surface area contributed by atoms with Crippen LogP contribution in [0.5, 0.6) is 0 Å². The molecule has 5 nitrogen and oxygen atoms in total. The van der Waals surface area contributed by atoms with Gasteiger partial charge in [-0.25, -0.2) is 0 Å². The maximum Gasteiger partial charge on any atom is 0.247 e. The topological polar surface area (TPSA) is 66.5 Å². The van der Waals surface area contributed by atoms with Gasteiger partial charge in [-0.05, 0) is 43.2 Å². The van der Waals surface area contributed by atoms with Crippen molar-refractivity contribution in [2.45, 2.75) is 42.9 Å². The van der Waals surface area contributed by atoms with Gasteiger partial charge in [-0.3, -0.25) is 19.3 Å². The van der Waals surface area contributed by atoms with E-state index in [0.717, 1.165) is 12.0 Å². The SMILES string of the molecule is Cc1ccc(NC(=O)[C@@H](C(C)C)N2C(=O)[C@@H]3[C@@H]4C[C@@H]([C@@H](Br)[C@@H]4Br)[C@@H]3C2=O)cc1. The van der Waals surface area contributed by atoms with Crippen molar-refractivity contribution in [2.75, 3.05) is 5.32 Å². The molecule has 1 heterocycles. The first-order valence-electron chi connectivity index (χ1n) is 9.75. The summed E-state index contributed by atoms with van der Waals surface area (Å²) in [6.07, 6.45) is 0.883. The lowest BCUT2D eigenvalue weighted by atomic mass is 9.81. The van der Waals surface area contributed by atoms with Crippen LogP contribution in [0.1, 0.15) is 25.8 Å². The van der Waals surface area contributed by atoms with Crippen LogP contribution in [-0.4, -0.2) is 38.3 Å². The summed E-state index contributed by atoms with van der Waals surface area (Å²) < 4.78 is 0. The van der Waals surface area contributed by atoms with Gasteiger partial charge < -0.3 is 5.32 Å². The second-order valence-corrected chi connectivity index (χ2v) is 10.7. The number of anilines is 1. The number of nitrogens with one attached hydrogen (secondary N) is 1. The number of rotatable bonds is 4. The predicted octanol–water partition coefficient (Wildman–Crippen LogP) is 3.74. The van der Waals surface area contributed by atoms with Gasteiger partial charge >= 0.3 is 0 Å². The van der Waals surface area contributed by atoms with Gasteiger partial charge in [-0.15, -0.1) is 0 Å². The van der Waals surface area contributed by atoms with E-state index in [1.165, 1.54) is 4.90 Å². The zero-order valence-electron chi connectivity index (χ0n) is 16.1. The van der Waals surface area contributed by atoms with E-state index in [1.807, 2.05) is 45.0 Å². The summed E-state index contributed by atoms with van der Waals surface area (Å²) >= 11 is 7.40. The summed E-state index contributed by atoms with van der Waals surface area (Å²) in [7, 11) is 0. The largest absolute Gasteiger partial charge is 0.324 e. The number of carbonyl (C=O) groups is 3. The van der Waals surface area contributed by atoms with Crippen molar-refractivity contribution in [1.82, 2.24) is 4.90 Å². The Morgan fingerprint density at radius 2 is 1.54 bits per heavy atom. The molecule has 7 heteroatoms. The van der Waals surface area contributed by atoms with Crippen LogP contribution >= 0.6 is 31.9 Å². The first-order valence-corrected chi connectivity index (χ1v) is 11.6. The van der Waals surface area contributed by atoms with Crippen molar-refractivity contribution in [3.63, 3.8) is 0 Å². The highest BCUT2D eigenvalue weighted by Gasteiger charge is 2.67. The Balaban J connectivity index is 1.60. The second kappa shape index (κ2) is 7.24. The molecule has 1 N–H and O–H groups in total. The fraction of sp³-hybridized carbons (Fsp3) is 0.571. The third-order valence-electron chi connectivity index (χ3n) is 6.52. The van der Waals surface area contributed by atoms with Crippen molar-refractivity contribution in [1.29, 1.82) is 0 Å². The standard InChI is InChI=1S/C21H24Br2N2O3/c1-9(2)18(19(26)24-11-6-4-10(3)5-7-11)25-20(27)14-12-8-13(15(14)21(25)28)17(23)16(12)22/h4-7,9,12-18H,8H2,1-3H3,(H,24,26)/t12-,13+,14+,15-,16-,17-,18-/m1/s1.